The predicted octanol–water partition coefficient (Wildman–Crippen LogP) is 4.61. The summed E-state index contributed by atoms with van der Waals surface area (Å²) in [4.78, 5) is 0. The lowest BCUT2D eigenvalue weighted by Gasteiger charge is -2.20. The van der Waals surface area contributed by atoms with E-state index in [1.807, 2.05) is 13.0 Å². The van der Waals surface area contributed by atoms with Crippen molar-refractivity contribution in [1.82, 2.24) is 5.32 Å². The van der Waals surface area contributed by atoms with Crippen LogP contribution in [0.4, 0.5) is 4.39 Å². The van der Waals surface area contributed by atoms with Gasteiger partial charge in [-0.05, 0) is 86.7 Å². The highest BCUT2D eigenvalue weighted by molar-refractivity contribution is 5.68. The van der Waals surface area contributed by atoms with Crippen LogP contribution >= 0.6 is 0 Å². The normalized spacial score (nSPS) is 20.0. The lowest BCUT2D eigenvalue weighted by atomic mass is 9.92. The molecule has 1 fully saturated rings. The molecule has 0 radical (unpaired) electrons. The Bertz CT molecular complexity index is 899. The summed E-state index contributed by atoms with van der Waals surface area (Å²) in [7, 11) is 0. The molecule has 1 aliphatic rings. The molecule has 0 saturated carbocycles. The van der Waals surface area contributed by atoms with Crippen molar-refractivity contribution >= 4 is 5.70 Å². The molecule has 1 saturated heterocycles. The van der Waals surface area contributed by atoms with Crippen molar-refractivity contribution < 1.29 is 9.13 Å². The van der Waals surface area contributed by atoms with Crippen molar-refractivity contribution in [2.24, 2.45) is 11.5 Å². The van der Waals surface area contributed by atoms with Crippen LogP contribution < -0.4 is 16.8 Å². The first kappa shape index (κ1) is 23.0. The highest BCUT2D eigenvalue weighted by atomic mass is 19.1. The summed E-state index contributed by atoms with van der Waals surface area (Å²) in [5.74, 6) is 0.217. The van der Waals surface area contributed by atoms with Gasteiger partial charge in [-0.15, -0.1) is 0 Å². The minimum Gasteiger partial charge on any atom is -0.402 e. The number of hydrogen-bond donors (Lipinski definition) is 3. The Hall–Kier alpha value is -2.63. The van der Waals surface area contributed by atoms with Gasteiger partial charge in [-0.3, -0.25) is 0 Å². The third kappa shape index (κ3) is 6.68. The predicted molar refractivity (Wildman–Crippen MR) is 126 cm³/mol. The highest BCUT2D eigenvalue weighted by Gasteiger charge is 2.28. The van der Waals surface area contributed by atoms with Crippen LogP contribution in [0.2, 0.25) is 0 Å². The molecule has 0 aromatic heterocycles. The topological polar surface area (TPSA) is 73.3 Å². The third-order valence-corrected chi connectivity index (χ3v) is 5.79. The van der Waals surface area contributed by atoms with E-state index in [1.54, 1.807) is 12.1 Å². The fraction of sp³-hybridized carbons (Fsp3) is 0.385. The molecule has 1 heterocycles. The summed E-state index contributed by atoms with van der Waals surface area (Å²) in [6.45, 7) is 6.32. The van der Waals surface area contributed by atoms with Crippen molar-refractivity contribution in [3.63, 3.8) is 0 Å². The molecule has 4 nitrogen and oxygen atoms in total. The van der Waals surface area contributed by atoms with Gasteiger partial charge in [-0.1, -0.05) is 29.8 Å². The van der Waals surface area contributed by atoms with Gasteiger partial charge in [0.15, 0.2) is 0 Å². The Morgan fingerprint density at radius 2 is 1.84 bits per heavy atom. The van der Waals surface area contributed by atoms with E-state index in [4.69, 9.17) is 16.2 Å². The summed E-state index contributed by atoms with van der Waals surface area (Å²) in [5.41, 5.74) is 18.0. The van der Waals surface area contributed by atoms with Gasteiger partial charge in [0.1, 0.15) is 5.82 Å². The maximum Gasteiger partial charge on any atom is 0.123 e. The van der Waals surface area contributed by atoms with E-state index in [9.17, 15) is 4.39 Å². The smallest absolute Gasteiger partial charge is 0.123 e. The van der Waals surface area contributed by atoms with Gasteiger partial charge in [0.2, 0.25) is 0 Å². The fourth-order valence-electron chi connectivity index (χ4n) is 4.10. The molecule has 2 aromatic rings. The first-order valence-electron chi connectivity index (χ1n) is 11.0. The van der Waals surface area contributed by atoms with Crippen LogP contribution in [-0.2, 0) is 4.74 Å². The van der Waals surface area contributed by atoms with E-state index < -0.39 is 0 Å². The van der Waals surface area contributed by atoms with Crippen molar-refractivity contribution in [1.29, 1.82) is 0 Å². The molecule has 3 rings (SSSR count). The Labute approximate surface area is 185 Å². The number of halogens is 1. The summed E-state index contributed by atoms with van der Waals surface area (Å²) >= 11 is 0. The molecule has 0 aliphatic carbocycles. The molecule has 5 heteroatoms. The van der Waals surface area contributed by atoms with Gasteiger partial charge in [0.05, 0.1) is 6.61 Å². The second-order valence-electron chi connectivity index (χ2n) is 8.38. The standard InChI is InChI=1S/C26H34FN3O/c1-18-5-7-20(8-6-18)24-13-14-30-25(24)17-31-15-3-4-22(16-19(2)28)26(29)21-9-11-23(27)12-10-21/h5-12,16,24-25,30H,3-4,13-15,17,28-29H2,1-2H3/b19-16-,26-22-/t24-,25?/m1/s1. The van der Waals surface area contributed by atoms with Crippen LogP contribution in [0.25, 0.3) is 5.70 Å². The van der Waals surface area contributed by atoms with E-state index in [2.05, 4.69) is 36.5 Å². The fourth-order valence-corrected chi connectivity index (χ4v) is 4.10. The molecule has 1 unspecified atom stereocenters. The van der Waals surface area contributed by atoms with Crippen LogP contribution in [0.15, 0.2) is 65.9 Å². The zero-order chi connectivity index (χ0) is 22.2. The van der Waals surface area contributed by atoms with Gasteiger partial charge >= 0.3 is 0 Å². The zero-order valence-corrected chi connectivity index (χ0v) is 18.5. The van der Waals surface area contributed by atoms with Crippen LogP contribution in [0, 0.1) is 12.7 Å². The molecular weight excluding hydrogens is 389 g/mol. The van der Waals surface area contributed by atoms with Gasteiger partial charge in [0.25, 0.3) is 0 Å². The minimum atomic E-state index is -0.276. The second kappa shape index (κ2) is 11.1. The van der Waals surface area contributed by atoms with Gasteiger partial charge in [-0.2, -0.15) is 0 Å². The van der Waals surface area contributed by atoms with Gasteiger partial charge in [-0.25, -0.2) is 4.39 Å². The Balaban J connectivity index is 1.53. The number of nitrogens with one attached hydrogen (secondary N) is 1. The Morgan fingerprint density at radius 3 is 2.52 bits per heavy atom. The third-order valence-electron chi connectivity index (χ3n) is 5.79. The SMILES string of the molecule is C/C(N)=C/C(CCCOCC1NCC[C@@H]1c1ccc(C)cc1)=C(\N)c1ccc(F)cc1. The largest absolute Gasteiger partial charge is 0.402 e. The quantitative estimate of drug-likeness (QED) is 0.407. The van der Waals surface area contributed by atoms with Crippen molar-refractivity contribution in [2.75, 3.05) is 19.8 Å². The van der Waals surface area contributed by atoms with Gasteiger partial charge < -0.3 is 21.5 Å². The van der Waals surface area contributed by atoms with Crippen molar-refractivity contribution in [3.8, 4) is 0 Å². The number of benzene rings is 2. The number of rotatable bonds is 9. The molecule has 0 bridgehead atoms. The minimum absolute atomic E-state index is 0.276. The number of aryl methyl sites for hydroxylation is 1. The average molecular weight is 424 g/mol. The van der Waals surface area contributed by atoms with Crippen molar-refractivity contribution in [2.45, 2.75) is 45.1 Å². The maximum absolute atomic E-state index is 13.2. The van der Waals surface area contributed by atoms with E-state index in [-0.39, 0.29) is 5.82 Å². The molecule has 166 valence electrons. The maximum atomic E-state index is 13.2. The summed E-state index contributed by atoms with van der Waals surface area (Å²) in [6.07, 6.45) is 4.61. The highest BCUT2D eigenvalue weighted by Crippen LogP contribution is 2.28. The van der Waals surface area contributed by atoms with E-state index in [0.717, 1.165) is 36.9 Å². The summed E-state index contributed by atoms with van der Waals surface area (Å²) < 4.78 is 19.2. The second-order valence-corrected chi connectivity index (χ2v) is 8.38. The van der Waals surface area contributed by atoms with Crippen LogP contribution in [-0.4, -0.2) is 25.8 Å². The average Bonchev–Trinajstić information content (AvgIpc) is 3.21. The molecule has 0 spiro atoms. The molecule has 0 amide bonds. The molecule has 1 aliphatic heterocycles. The first-order valence-corrected chi connectivity index (χ1v) is 11.0. The molecule has 2 atom stereocenters. The monoisotopic (exact) mass is 423 g/mol. The Kier molecular flexibility index (Phi) is 8.27. The van der Waals surface area contributed by atoms with Crippen LogP contribution in [0.1, 0.15) is 48.8 Å². The summed E-state index contributed by atoms with van der Waals surface area (Å²) in [5, 5.41) is 3.58. The summed E-state index contributed by atoms with van der Waals surface area (Å²) in [6, 6.07) is 15.4. The van der Waals surface area contributed by atoms with E-state index in [1.165, 1.54) is 23.3 Å². The lowest BCUT2D eigenvalue weighted by Crippen LogP contribution is -2.31. The van der Waals surface area contributed by atoms with E-state index >= 15 is 0 Å². The molecule has 31 heavy (non-hydrogen) atoms. The molecular formula is C26H34FN3O. The number of ether oxygens (including phenoxy) is 1. The molecule has 2 aromatic carbocycles. The Morgan fingerprint density at radius 1 is 1.13 bits per heavy atom. The number of nitrogens with two attached hydrogens (primary N) is 2. The van der Waals surface area contributed by atoms with E-state index in [0.29, 0.717) is 36.6 Å². The van der Waals surface area contributed by atoms with Crippen molar-refractivity contribution in [3.05, 3.63) is 88.4 Å². The number of hydrogen-bond acceptors (Lipinski definition) is 4. The zero-order valence-electron chi connectivity index (χ0n) is 18.5. The first-order chi connectivity index (χ1) is 14.9. The van der Waals surface area contributed by atoms with Crippen LogP contribution in [0.3, 0.4) is 0 Å². The molecule has 5 N–H and O–H groups in total. The lowest BCUT2D eigenvalue weighted by molar-refractivity contribution is 0.110. The van der Waals surface area contributed by atoms with Crippen LogP contribution in [0.5, 0.6) is 0 Å². The number of allylic oxidation sites excluding steroid dienone is 3. The van der Waals surface area contributed by atoms with Gasteiger partial charge in [0, 0.05) is 30.0 Å².